The van der Waals surface area contributed by atoms with Crippen molar-refractivity contribution in [3.8, 4) is 12.3 Å². The number of aliphatic carboxylic acids is 1. The first kappa shape index (κ1) is 15.4. The maximum absolute atomic E-state index is 11.5. The van der Waals surface area contributed by atoms with Crippen molar-refractivity contribution in [2.45, 2.75) is 44.9 Å². The highest BCUT2D eigenvalue weighted by Crippen LogP contribution is 2.37. The average Bonchev–Trinajstić information content (AvgIpc) is 2.86. The summed E-state index contributed by atoms with van der Waals surface area (Å²) in [6.45, 7) is 0.770. The molecule has 0 radical (unpaired) electrons. The van der Waals surface area contributed by atoms with Crippen LogP contribution in [0.15, 0.2) is 0 Å². The van der Waals surface area contributed by atoms with Gasteiger partial charge in [-0.1, -0.05) is 12.8 Å². The van der Waals surface area contributed by atoms with Crippen molar-refractivity contribution in [2.75, 3.05) is 13.1 Å². The third-order valence-electron chi connectivity index (χ3n) is 3.64. The number of hydrogen-bond acceptors (Lipinski definition) is 2. The van der Waals surface area contributed by atoms with Crippen LogP contribution in [0.25, 0.3) is 0 Å². The number of carbonyl (C=O) groups excluding carboxylic acids is 1. The van der Waals surface area contributed by atoms with Crippen LogP contribution in [-0.2, 0) is 4.79 Å². The van der Waals surface area contributed by atoms with Crippen LogP contribution in [-0.4, -0.2) is 30.2 Å². The van der Waals surface area contributed by atoms with E-state index in [-0.39, 0.29) is 12.6 Å². The van der Waals surface area contributed by atoms with Crippen LogP contribution in [0.2, 0.25) is 0 Å². The van der Waals surface area contributed by atoms with E-state index < -0.39 is 11.4 Å². The second kappa shape index (κ2) is 7.67. The number of carboxylic acids is 1. The Hall–Kier alpha value is -1.70. The molecule has 0 aliphatic heterocycles. The van der Waals surface area contributed by atoms with Crippen molar-refractivity contribution in [1.29, 1.82) is 0 Å². The SMILES string of the molecule is C#CCCCCNC(=O)NCC1(C(=O)O)CCCC1. The number of unbranched alkanes of at least 4 members (excludes halogenated alkanes) is 2. The van der Waals surface area contributed by atoms with Crippen molar-refractivity contribution in [2.24, 2.45) is 5.41 Å². The van der Waals surface area contributed by atoms with Gasteiger partial charge in [-0.25, -0.2) is 4.79 Å². The molecule has 1 fully saturated rings. The summed E-state index contributed by atoms with van der Waals surface area (Å²) < 4.78 is 0. The Balaban J connectivity index is 2.22. The van der Waals surface area contributed by atoms with Crippen molar-refractivity contribution in [1.82, 2.24) is 10.6 Å². The molecule has 1 saturated carbocycles. The molecule has 0 spiro atoms. The number of carbonyl (C=O) groups is 2. The van der Waals surface area contributed by atoms with E-state index in [4.69, 9.17) is 6.42 Å². The fraction of sp³-hybridized carbons (Fsp3) is 0.714. The van der Waals surface area contributed by atoms with E-state index in [1.165, 1.54) is 0 Å². The minimum absolute atomic E-state index is 0.207. The van der Waals surface area contributed by atoms with Crippen LogP contribution in [0, 0.1) is 17.8 Å². The van der Waals surface area contributed by atoms with Crippen molar-refractivity contribution >= 4 is 12.0 Å². The lowest BCUT2D eigenvalue weighted by Crippen LogP contribution is -2.45. The quantitative estimate of drug-likeness (QED) is 0.485. The Morgan fingerprint density at radius 2 is 1.89 bits per heavy atom. The molecule has 1 aliphatic carbocycles. The molecule has 0 atom stereocenters. The second-order valence-electron chi connectivity index (χ2n) is 5.06. The second-order valence-corrected chi connectivity index (χ2v) is 5.06. The molecule has 2 amide bonds. The van der Waals surface area contributed by atoms with Gasteiger partial charge < -0.3 is 15.7 Å². The zero-order valence-electron chi connectivity index (χ0n) is 11.2. The molecule has 1 aliphatic rings. The third kappa shape index (κ3) is 4.82. The molecule has 0 aromatic heterocycles. The summed E-state index contributed by atoms with van der Waals surface area (Å²) in [6, 6.07) is -0.298. The normalized spacial score (nSPS) is 16.6. The standard InChI is InChI=1S/C14H22N2O3/c1-2-3-4-7-10-15-13(19)16-11-14(12(17)18)8-5-6-9-14/h1H,3-11H2,(H,17,18)(H2,15,16,19). The van der Waals surface area contributed by atoms with E-state index in [2.05, 4.69) is 16.6 Å². The van der Waals surface area contributed by atoms with Gasteiger partial charge in [0.2, 0.25) is 0 Å². The number of hydrogen-bond donors (Lipinski definition) is 3. The fourth-order valence-corrected chi connectivity index (χ4v) is 2.38. The third-order valence-corrected chi connectivity index (χ3v) is 3.64. The van der Waals surface area contributed by atoms with Gasteiger partial charge in [-0.15, -0.1) is 12.3 Å². The van der Waals surface area contributed by atoms with Gasteiger partial charge in [-0.05, 0) is 25.7 Å². The number of urea groups is 1. The van der Waals surface area contributed by atoms with Gasteiger partial charge in [-0.3, -0.25) is 4.79 Å². The first-order valence-corrected chi connectivity index (χ1v) is 6.79. The Morgan fingerprint density at radius 1 is 1.21 bits per heavy atom. The largest absolute Gasteiger partial charge is 0.481 e. The van der Waals surface area contributed by atoms with Gasteiger partial charge in [-0.2, -0.15) is 0 Å². The predicted octanol–water partition coefficient (Wildman–Crippen LogP) is 1.73. The van der Waals surface area contributed by atoms with Crippen LogP contribution in [0.1, 0.15) is 44.9 Å². The van der Waals surface area contributed by atoms with E-state index in [0.717, 1.165) is 25.7 Å². The van der Waals surface area contributed by atoms with E-state index in [1.807, 2.05) is 0 Å². The lowest BCUT2D eigenvalue weighted by Gasteiger charge is -2.24. The highest BCUT2D eigenvalue weighted by Gasteiger charge is 2.41. The first-order valence-electron chi connectivity index (χ1n) is 6.79. The topological polar surface area (TPSA) is 78.4 Å². The molecule has 0 aromatic rings. The molecular weight excluding hydrogens is 244 g/mol. The monoisotopic (exact) mass is 266 g/mol. The molecule has 1 rings (SSSR count). The van der Waals surface area contributed by atoms with Crippen molar-refractivity contribution in [3.63, 3.8) is 0 Å². The summed E-state index contributed by atoms with van der Waals surface area (Å²) in [4.78, 5) is 22.8. The molecule has 0 unspecified atom stereocenters. The number of rotatable bonds is 7. The molecule has 0 saturated heterocycles. The van der Waals surface area contributed by atoms with Gasteiger partial charge in [0, 0.05) is 19.5 Å². The minimum atomic E-state index is -0.806. The number of amides is 2. The summed E-state index contributed by atoms with van der Waals surface area (Å²) in [6.07, 6.45) is 10.7. The summed E-state index contributed by atoms with van der Waals surface area (Å²) in [7, 11) is 0. The van der Waals surface area contributed by atoms with E-state index in [9.17, 15) is 14.7 Å². The molecule has 0 aromatic carbocycles. The molecular formula is C14H22N2O3. The molecule has 3 N–H and O–H groups in total. The molecule has 106 valence electrons. The van der Waals surface area contributed by atoms with Crippen LogP contribution in [0.3, 0.4) is 0 Å². The fourth-order valence-electron chi connectivity index (χ4n) is 2.38. The maximum atomic E-state index is 11.5. The molecule has 19 heavy (non-hydrogen) atoms. The summed E-state index contributed by atoms with van der Waals surface area (Å²) >= 11 is 0. The lowest BCUT2D eigenvalue weighted by molar-refractivity contribution is -0.148. The van der Waals surface area contributed by atoms with Crippen LogP contribution >= 0.6 is 0 Å². The number of terminal acetylenes is 1. The highest BCUT2D eigenvalue weighted by atomic mass is 16.4. The smallest absolute Gasteiger partial charge is 0.314 e. The average molecular weight is 266 g/mol. The Kier molecular flexibility index (Phi) is 6.20. The predicted molar refractivity (Wildman–Crippen MR) is 72.6 cm³/mol. The van der Waals surface area contributed by atoms with Gasteiger partial charge in [0.25, 0.3) is 0 Å². The maximum Gasteiger partial charge on any atom is 0.314 e. The lowest BCUT2D eigenvalue weighted by atomic mass is 9.86. The Bertz CT molecular complexity index is 354. The van der Waals surface area contributed by atoms with Gasteiger partial charge >= 0.3 is 12.0 Å². The van der Waals surface area contributed by atoms with Crippen LogP contribution in [0.4, 0.5) is 4.79 Å². The number of carboxylic acid groups (broad SMARTS) is 1. The van der Waals surface area contributed by atoms with E-state index >= 15 is 0 Å². The van der Waals surface area contributed by atoms with Crippen molar-refractivity contribution < 1.29 is 14.7 Å². The Labute approximate surface area is 114 Å². The number of nitrogens with one attached hydrogen (secondary N) is 2. The summed E-state index contributed by atoms with van der Waals surface area (Å²) in [5, 5.41) is 14.6. The summed E-state index contributed by atoms with van der Waals surface area (Å²) in [5.41, 5.74) is -0.763. The molecule has 5 heteroatoms. The van der Waals surface area contributed by atoms with Gasteiger partial charge in [0.05, 0.1) is 5.41 Å². The van der Waals surface area contributed by atoms with Gasteiger partial charge in [0.15, 0.2) is 0 Å². The first-order chi connectivity index (χ1) is 9.10. The Morgan fingerprint density at radius 3 is 2.47 bits per heavy atom. The molecule has 5 nitrogen and oxygen atoms in total. The van der Waals surface area contributed by atoms with Crippen LogP contribution < -0.4 is 10.6 Å². The molecule has 0 bridgehead atoms. The van der Waals surface area contributed by atoms with E-state index in [1.54, 1.807) is 0 Å². The van der Waals surface area contributed by atoms with E-state index in [0.29, 0.717) is 25.8 Å². The molecule has 0 heterocycles. The zero-order chi connectivity index (χ0) is 14.1. The van der Waals surface area contributed by atoms with Crippen LogP contribution in [0.5, 0.6) is 0 Å². The van der Waals surface area contributed by atoms with Gasteiger partial charge in [0.1, 0.15) is 0 Å². The summed E-state index contributed by atoms with van der Waals surface area (Å²) in [5.74, 6) is 1.74. The highest BCUT2D eigenvalue weighted by molar-refractivity contribution is 5.78. The minimum Gasteiger partial charge on any atom is -0.481 e. The van der Waals surface area contributed by atoms with Crippen molar-refractivity contribution in [3.05, 3.63) is 0 Å². The zero-order valence-corrected chi connectivity index (χ0v) is 11.2.